The number of carbonyl (C=O) groups excluding carboxylic acids is 3. The molecule has 0 saturated carbocycles. The first-order valence-electron chi connectivity index (χ1n) is 11.1. The Bertz CT molecular complexity index is 1440. The molecule has 0 radical (unpaired) electrons. The van der Waals surface area contributed by atoms with Gasteiger partial charge in [-0.1, -0.05) is 5.21 Å². The molecular formula is C25H23N5O5. The molecular weight excluding hydrogens is 450 g/mol. The van der Waals surface area contributed by atoms with Crippen molar-refractivity contribution in [3.8, 4) is 22.9 Å². The topological polar surface area (TPSA) is 120 Å². The first kappa shape index (κ1) is 22.3. The number of nitrogens with zero attached hydrogens (tertiary/aromatic N) is 4. The van der Waals surface area contributed by atoms with Gasteiger partial charge in [0.2, 0.25) is 12.3 Å². The molecule has 5 rings (SSSR count). The molecule has 0 bridgehead atoms. The minimum atomic E-state index is -0.358. The van der Waals surface area contributed by atoms with Gasteiger partial charge in [-0.3, -0.25) is 19.7 Å². The van der Waals surface area contributed by atoms with Gasteiger partial charge >= 0.3 is 0 Å². The highest BCUT2D eigenvalue weighted by Gasteiger charge is 2.31. The number of aromatic nitrogens is 3. The summed E-state index contributed by atoms with van der Waals surface area (Å²) in [6.45, 7) is 2.33. The number of benzene rings is 2. The van der Waals surface area contributed by atoms with E-state index in [1.165, 1.54) is 0 Å². The van der Waals surface area contributed by atoms with E-state index < -0.39 is 0 Å². The Morgan fingerprint density at radius 3 is 2.91 bits per heavy atom. The van der Waals surface area contributed by atoms with Crippen LogP contribution in [-0.2, 0) is 16.1 Å². The van der Waals surface area contributed by atoms with Gasteiger partial charge in [0.05, 0.1) is 19.0 Å². The molecule has 0 spiro atoms. The molecule has 1 N–H and O–H groups in total. The van der Waals surface area contributed by atoms with Crippen molar-refractivity contribution in [2.75, 3.05) is 7.11 Å². The molecule has 4 aromatic rings. The predicted molar refractivity (Wildman–Crippen MR) is 126 cm³/mol. The molecule has 1 aliphatic rings. The Kier molecular flexibility index (Phi) is 5.77. The summed E-state index contributed by atoms with van der Waals surface area (Å²) in [6.07, 6.45) is 2.77. The lowest BCUT2D eigenvalue weighted by Gasteiger charge is -2.23. The van der Waals surface area contributed by atoms with Crippen LogP contribution in [0.25, 0.3) is 28.1 Å². The van der Waals surface area contributed by atoms with Crippen LogP contribution in [0.1, 0.15) is 35.7 Å². The first-order chi connectivity index (χ1) is 17.0. The van der Waals surface area contributed by atoms with Gasteiger partial charge in [-0.2, -0.15) is 0 Å². The van der Waals surface area contributed by atoms with E-state index in [9.17, 15) is 14.4 Å². The fourth-order valence-electron chi connectivity index (χ4n) is 4.23. The SMILES string of the molecule is COc1ccc2cc(-c3cn(-c4ccc5c(c4)CN(C(C)CCC(=O)NC=O)C5=O)nn3)oc2c1. The van der Waals surface area contributed by atoms with Crippen molar-refractivity contribution < 1.29 is 23.5 Å². The first-order valence-corrected chi connectivity index (χ1v) is 11.1. The highest BCUT2D eigenvalue weighted by Crippen LogP contribution is 2.31. The summed E-state index contributed by atoms with van der Waals surface area (Å²) in [5.74, 6) is 0.868. The normalized spacial score (nSPS) is 13.7. The van der Waals surface area contributed by atoms with E-state index in [0.29, 0.717) is 47.7 Å². The van der Waals surface area contributed by atoms with Crippen LogP contribution in [0, 0.1) is 0 Å². The van der Waals surface area contributed by atoms with Crippen molar-refractivity contribution in [2.45, 2.75) is 32.4 Å². The number of nitrogens with one attached hydrogen (secondary N) is 1. The highest BCUT2D eigenvalue weighted by molar-refractivity contribution is 5.99. The third-order valence-electron chi connectivity index (χ3n) is 6.20. The number of hydrogen-bond donors (Lipinski definition) is 1. The van der Waals surface area contributed by atoms with Gasteiger partial charge in [-0.15, -0.1) is 5.10 Å². The zero-order chi connectivity index (χ0) is 24.5. The molecule has 2 aromatic carbocycles. The largest absolute Gasteiger partial charge is 0.497 e. The van der Waals surface area contributed by atoms with E-state index in [2.05, 4.69) is 15.6 Å². The van der Waals surface area contributed by atoms with Crippen LogP contribution in [-0.4, -0.2) is 51.3 Å². The zero-order valence-corrected chi connectivity index (χ0v) is 19.2. The molecule has 178 valence electrons. The summed E-state index contributed by atoms with van der Waals surface area (Å²) in [5.41, 5.74) is 3.56. The Morgan fingerprint density at radius 1 is 1.26 bits per heavy atom. The van der Waals surface area contributed by atoms with E-state index in [1.54, 1.807) is 29.0 Å². The van der Waals surface area contributed by atoms with Crippen molar-refractivity contribution >= 4 is 29.2 Å². The van der Waals surface area contributed by atoms with Gasteiger partial charge in [-0.25, -0.2) is 4.68 Å². The summed E-state index contributed by atoms with van der Waals surface area (Å²) in [7, 11) is 1.61. The molecule has 1 aliphatic heterocycles. The number of amides is 3. The second-order valence-electron chi connectivity index (χ2n) is 8.41. The van der Waals surface area contributed by atoms with Gasteiger partial charge in [0.25, 0.3) is 5.91 Å². The fraction of sp³-hybridized carbons (Fsp3) is 0.240. The van der Waals surface area contributed by atoms with E-state index in [1.807, 2.05) is 43.3 Å². The van der Waals surface area contributed by atoms with E-state index in [4.69, 9.17) is 9.15 Å². The van der Waals surface area contributed by atoms with Crippen LogP contribution in [0.2, 0.25) is 0 Å². The molecule has 1 unspecified atom stereocenters. The summed E-state index contributed by atoms with van der Waals surface area (Å²) >= 11 is 0. The van der Waals surface area contributed by atoms with E-state index in [0.717, 1.165) is 16.6 Å². The van der Waals surface area contributed by atoms with Crippen molar-refractivity contribution in [1.82, 2.24) is 25.2 Å². The van der Waals surface area contributed by atoms with Crippen molar-refractivity contribution in [3.05, 3.63) is 59.8 Å². The monoisotopic (exact) mass is 473 g/mol. The van der Waals surface area contributed by atoms with Crippen LogP contribution in [0.5, 0.6) is 5.75 Å². The summed E-state index contributed by atoms with van der Waals surface area (Å²) in [6, 6.07) is 12.9. The zero-order valence-electron chi connectivity index (χ0n) is 19.2. The van der Waals surface area contributed by atoms with Crippen molar-refractivity contribution in [3.63, 3.8) is 0 Å². The van der Waals surface area contributed by atoms with E-state index >= 15 is 0 Å². The number of carbonyl (C=O) groups is 3. The smallest absolute Gasteiger partial charge is 0.254 e. The van der Waals surface area contributed by atoms with Crippen LogP contribution >= 0.6 is 0 Å². The Morgan fingerprint density at radius 2 is 2.11 bits per heavy atom. The maximum atomic E-state index is 12.9. The fourth-order valence-corrected chi connectivity index (χ4v) is 4.23. The Hall–Kier alpha value is -4.47. The third-order valence-corrected chi connectivity index (χ3v) is 6.20. The van der Waals surface area contributed by atoms with Crippen LogP contribution < -0.4 is 10.1 Å². The number of methoxy groups -OCH3 is 1. The van der Waals surface area contributed by atoms with Crippen LogP contribution in [0.4, 0.5) is 0 Å². The number of hydrogen-bond acceptors (Lipinski definition) is 7. The number of fused-ring (bicyclic) bond motifs is 2. The molecule has 0 fully saturated rings. The summed E-state index contributed by atoms with van der Waals surface area (Å²) in [4.78, 5) is 36.6. The molecule has 10 nitrogen and oxygen atoms in total. The number of ether oxygens (including phenoxy) is 1. The highest BCUT2D eigenvalue weighted by atomic mass is 16.5. The average molecular weight is 473 g/mol. The van der Waals surface area contributed by atoms with E-state index in [-0.39, 0.29) is 24.3 Å². The number of rotatable bonds is 8. The van der Waals surface area contributed by atoms with Gasteiger partial charge in [0.1, 0.15) is 17.0 Å². The van der Waals surface area contributed by atoms with Gasteiger partial charge < -0.3 is 14.1 Å². The molecule has 0 saturated heterocycles. The Labute approximate surface area is 200 Å². The average Bonchev–Trinajstić information content (AvgIpc) is 3.59. The van der Waals surface area contributed by atoms with Gasteiger partial charge in [0.15, 0.2) is 5.76 Å². The second-order valence-corrected chi connectivity index (χ2v) is 8.41. The maximum absolute atomic E-state index is 12.9. The summed E-state index contributed by atoms with van der Waals surface area (Å²) in [5, 5.41) is 11.6. The van der Waals surface area contributed by atoms with Crippen LogP contribution in [0.3, 0.4) is 0 Å². The lowest BCUT2D eigenvalue weighted by atomic mass is 10.1. The quantitative estimate of drug-likeness (QED) is 0.391. The second kappa shape index (κ2) is 9.05. The number of imide groups is 1. The number of furan rings is 1. The van der Waals surface area contributed by atoms with Gasteiger partial charge in [0, 0.05) is 36.0 Å². The molecule has 0 aliphatic carbocycles. The lowest BCUT2D eigenvalue weighted by Crippen LogP contribution is -2.34. The predicted octanol–water partition coefficient (Wildman–Crippen LogP) is 3.09. The molecule has 2 aromatic heterocycles. The van der Waals surface area contributed by atoms with Crippen LogP contribution in [0.15, 0.2) is 53.1 Å². The molecule has 35 heavy (non-hydrogen) atoms. The minimum Gasteiger partial charge on any atom is -0.497 e. The molecule has 10 heteroatoms. The van der Waals surface area contributed by atoms with Crippen molar-refractivity contribution in [2.24, 2.45) is 0 Å². The molecule has 3 amide bonds. The van der Waals surface area contributed by atoms with Gasteiger partial charge in [-0.05, 0) is 55.3 Å². The summed E-state index contributed by atoms with van der Waals surface area (Å²) < 4.78 is 12.8. The lowest BCUT2D eigenvalue weighted by molar-refractivity contribution is -0.125. The molecule has 1 atom stereocenters. The molecule has 3 heterocycles. The van der Waals surface area contributed by atoms with Crippen molar-refractivity contribution in [1.29, 1.82) is 0 Å². The maximum Gasteiger partial charge on any atom is 0.254 e. The minimum absolute atomic E-state index is 0.0770. The third kappa shape index (κ3) is 4.25. The Balaban J connectivity index is 1.33. The standard InChI is InChI=1S/C25H23N5O5/c1-15(3-8-24(32)26-14-31)29-12-17-9-18(5-7-20(17)25(29)33)30-13-21(27-28-30)23-10-16-4-6-19(34-2)11-22(16)35-23/h4-7,9-11,13-15H,3,8,12H2,1-2H3,(H,26,31,32).